The van der Waals surface area contributed by atoms with Crippen molar-refractivity contribution in [3.05, 3.63) is 45.4 Å². The first-order chi connectivity index (χ1) is 8.63. The van der Waals surface area contributed by atoms with Crippen molar-refractivity contribution in [3.63, 3.8) is 0 Å². The monoisotopic (exact) mass is 323 g/mol. The topological polar surface area (TPSA) is 54.9 Å². The van der Waals surface area contributed by atoms with Crippen LogP contribution < -0.4 is 5.32 Å². The van der Waals surface area contributed by atoms with Crippen molar-refractivity contribution in [1.29, 1.82) is 0 Å². The highest BCUT2D eigenvalue weighted by Gasteiger charge is 2.02. The number of halogens is 1. The van der Waals surface area contributed by atoms with Gasteiger partial charge in [-0.25, -0.2) is 0 Å². The third-order valence-electron chi connectivity index (χ3n) is 2.03. The van der Waals surface area contributed by atoms with Crippen LogP contribution in [0.3, 0.4) is 0 Å². The normalized spacial score (nSPS) is 10.8. The van der Waals surface area contributed by atoms with Crippen LogP contribution in [-0.4, -0.2) is 16.1 Å². The molecule has 0 fully saturated rings. The van der Waals surface area contributed by atoms with E-state index in [9.17, 15) is 4.79 Å². The van der Waals surface area contributed by atoms with Gasteiger partial charge in [0.25, 0.3) is 0 Å². The average Bonchev–Trinajstić information content (AvgIpc) is 2.72. The Kier molecular flexibility index (Phi) is 4.22. The molecule has 0 aliphatic heterocycles. The van der Waals surface area contributed by atoms with Crippen molar-refractivity contribution in [1.82, 2.24) is 10.2 Å². The van der Waals surface area contributed by atoms with Gasteiger partial charge in [0.05, 0.1) is 0 Å². The molecular weight excluding hydrogens is 314 g/mol. The first-order valence-corrected chi connectivity index (χ1v) is 6.79. The molecule has 0 bridgehead atoms. The predicted octanol–water partition coefficient (Wildman–Crippen LogP) is 3.26. The summed E-state index contributed by atoms with van der Waals surface area (Å²) in [5, 5.41) is 11.6. The zero-order valence-electron chi connectivity index (χ0n) is 9.55. The molecule has 1 aromatic heterocycles. The van der Waals surface area contributed by atoms with Crippen molar-refractivity contribution >= 4 is 44.4 Å². The Morgan fingerprint density at radius 1 is 1.44 bits per heavy atom. The molecule has 1 amide bonds. The highest BCUT2D eigenvalue weighted by atomic mass is 79.9. The average molecular weight is 324 g/mol. The number of nitrogens with one attached hydrogen (secondary N) is 1. The third-order valence-corrected chi connectivity index (χ3v) is 3.28. The Balaban J connectivity index is 1.99. The fraction of sp³-hybridized carbons (Fsp3) is 0.0833. The highest BCUT2D eigenvalue weighted by Crippen LogP contribution is 2.14. The van der Waals surface area contributed by atoms with Crippen LogP contribution in [0, 0.1) is 6.92 Å². The van der Waals surface area contributed by atoms with Gasteiger partial charge in [0.2, 0.25) is 11.0 Å². The number of nitrogens with zero attached hydrogens (tertiary/aromatic N) is 2. The molecule has 0 atom stereocenters. The Morgan fingerprint density at radius 2 is 2.28 bits per heavy atom. The summed E-state index contributed by atoms with van der Waals surface area (Å²) in [5.41, 5.74) is 0.952. The van der Waals surface area contributed by atoms with Crippen molar-refractivity contribution in [2.45, 2.75) is 6.92 Å². The second-order valence-electron chi connectivity index (χ2n) is 3.50. The second kappa shape index (κ2) is 5.88. The Morgan fingerprint density at radius 3 is 2.94 bits per heavy atom. The van der Waals surface area contributed by atoms with Crippen molar-refractivity contribution in [2.75, 3.05) is 5.32 Å². The van der Waals surface area contributed by atoms with Crippen LogP contribution >= 0.6 is 27.3 Å². The molecule has 0 saturated heterocycles. The lowest BCUT2D eigenvalue weighted by Crippen LogP contribution is -2.07. The molecule has 2 rings (SSSR count). The molecule has 0 aliphatic rings. The minimum absolute atomic E-state index is 0.217. The first kappa shape index (κ1) is 12.9. The summed E-state index contributed by atoms with van der Waals surface area (Å²) < 4.78 is 0.977. The molecule has 4 nitrogen and oxygen atoms in total. The van der Waals surface area contributed by atoms with Crippen LogP contribution in [0.15, 0.2) is 34.8 Å². The van der Waals surface area contributed by atoms with E-state index in [4.69, 9.17) is 0 Å². The fourth-order valence-corrected chi connectivity index (χ4v) is 2.29. The Labute approximate surface area is 117 Å². The maximum atomic E-state index is 11.6. The van der Waals surface area contributed by atoms with E-state index >= 15 is 0 Å². The Bertz CT molecular complexity index is 595. The SMILES string of the molecule is Cc1nnc(NC(=O)/C=C/c2cccc(Br)c2)s1. The molecule has 92 valence electrons. The summed E-state index contributed by atoms with van der Waals surface area (Å²) in [4.78, 5) is 11.6. The number of amides is 1. The number of carbonyl (C=O) groups excluding carboxylic acids is 1. The number of aryl methyl sites for hydroxylation is 1. The molecular formula is C12H10BrN3OS. The van der Waals surface area contributed by atoms with Gasteiger partial charge in [0, 0.05) is 10.5 Å². The minimum Gasteiger partial charge on any atom is -0.297 e. The van der Waals surface area contributed by atoms with Crippen molar-refractivity contribution < 1.29 is 4.79 Å². The van der Waals surface area contributed by atoms with Gasteiger partial charge < -0.3 is 0 Å². The molecule has 0 spiro atoms. The van der Waals surface area contributed by atoms with Crippen LogP contribution in [0.5, 0.6) is 0 Å². The predicted molar refractivity (Wildman–Crippen MR) is 76.5 cm³/mol. The van der Waals surface area contributed by atoms with Crippen LogP contribution in [0.2, 0.25) is 0 Å². The minimum atomic E-state index is -0.217. The zero-order valence-corrected chi connectivity index (χ0v) is 12.0. The Hall–Kier alpha value is -1.53. The van der Waals surface area contributed by atoms with Gasteiger partial charge in [0.1, 0.15) is 5.01 Å². The van der Waals surface area contributed by atoms with E-state index in [1.165, 1.54) is 17.4 Å². The molecule has 6 heteroatoms. The largest absolute Gasteiger partial charge is 0.297 e. The molecule has 0 saturated carbocycles. The number of carbonyl (C=O) groups is 1. The maximum absolute atomic E-state index is 11.6. The van der Waals surface area contributed by atoms with Gasteiger partial charge in [0.15, 0.2) is 0 Å². The van der Waals surface area contributed by atoms with E-state index in [1.807, 2.05) is 31.2 Å². The molecule has 0 unspecified atom stereocenters. The number of anilines is 1. The summed E-state index contributed by atoms with van der Waals surface area (Å²) in [6.07, 6.45) is 3.21. The van der Waals surface area contributed by atoms with Crippen LogP contribution in [0.25, 0.3) is 6.08 Å². The van der Waals surface area contributed by atoms with Crippen LogP contribution in [-0.2, 0) is 4.79 Å². The molecule has 0 radical (unpaired) electrons. The van der Waals surface area contributed by atoms with Gasteiger partial charge in [-0.05, 0) is 30.7 Å². The van der Waals surface area contributed by atoms with E-state index in [0.717, 1.165) is 15.0 Å². The van der Waals surface area contributed by atoms with E-state index in [-0.39, 0.29) is 5.91 Å². The molecule has 1 aromatic carbocycles. The lowest BCUT2D eigenvalue weighted by molar-refractivity contribution is -0.111. The third kappa shape index (κ3) is 3.75. The van der Waals surface area contributed by atoms with E-state index in [0.29, 0.717) is 5.13 Å². The lowest BCUT2D eigenvalue weighted by atomic mass is 10.2. The molecule has 1 heterocycles. The number of aromatic nitrogens is 2. The van der Waals surface area contributed by atoms with E-state index in [1.54, 1.807) is 6.08 Å². The molecule has 18 heavy (non-hydrogen) atoms. The number of hydrogen-bond acceptors (Lipinski definition) is 4. The highest BCUT2D eigenvalue weighted by molar-refractivity contribution is 9.10. The van der Waals surface area contributed by atoms with E-state index < -0.39 is 0 Å². The van der Waals surface area contributed by atoms with Crippen LogP contribution in [0.4, 0.5) is 5.13 Å². The fourth-order valence-electron chi connectivity index (χ4n) is 1.28. The van der Waals surface area contributed by atoms with Gasteiger partial charge >= 0.3 is 0 Å². The summed E-state index contributed by atoms with van der Waals surface area (Å²) in [7, 11) is 0. The van der Waals surface area contributed by atoms with Crippen LogP contribution in [0.1, 0.15) is 10.6 Å². The summed E-state index contributed by atoms with van der Waals surface area (Å²) >= 11 is 4.72. The summed E-state index contributed by atoms with van der Waals surface area (Å²) in [6, 6.07) is 7.69. The second-order valence-corrected chi connectivity index (χ2v) is 5.60. The van der Waals surface area contributed by atoms with Crippen molar-refractivity contribution in [3.8, 4) is 0 Å². The van der Waals surface area contributed by atoms with Gasteiger partial charge in [-0.1, -0.05) is 39.4 Å². The number of hydrogen-bond donors (Lipinski definition) is 1. The van der Waals surface area contributed by atoms with Gasteiger partial charge in [-0.15, -0.1) is 10.2 Å². The number of benzene rings is 1. The zero-order chi connectivity index (χ0) is 13.0. The first-order valence-electron chi connectivity index (χ1n) is 5.18. The molecule has 2 aromatic rings. The van der Waals surface area contributed by atoms with E-state index in [2.05, 4.69) is 31.4 Å². The number of rotatable bonds is 3. The smallest absolute Gasteiger partial charge is 0.250 e. The standard InChI is InChI=1S/C12H10BrN3OS/c1-8-15-16-12(18-8)14-11(17)6-5-9-3-2-4-10(13)7-9/h2-7H,1H3,(H,14,16,17)/b6-5+. The maximum Gasteiger partial charge on any atom is 0.250 e. The van der Waals surface area contributed by atoms with Crippen molar-refractivity contribution in [2.24, 2.45) is 0 Å². The molecule has 1 N–H and O–H groups in total. The quantitative estimate of drug-likeness (QED) is 0.882. The molecule has 0 aliphatic carbocycles. The lowest BCUT2D eigenvalue weighted by Gasteiger charge is -1.96. The summed E-state index contributed by atoms with van der Waals surface area (Å²) in [5.74, 6) is -0.217. The summed E-state index contributed by atoms with van der Waals surface area (Å²) in [6.45, 7) is 1.84. The van der Waals surface area contributed by atoms with Gasteiger partial charge in [-0.2, -0.15) is 0 Å². The van der Waals surface area contributed by atoms with Gasteiger partial charge in [-0.3, -0.25) is 10.1 Å².